The van der Waals surface area contributed by atoms with Gasteiger partial charge < -0.3 is 5.32 Å². The number of hydrogen-bond acceptors (Lipinski definition) is 3. The van der Waals surface area contributed by atoms with Gasteiger partial charge in [-0.15, -0.1) is 11.3 Å². The van der Waals surface area contributed by atoms with E-state index in [2.05, 4.69) is 27.3 Å². The zero-order valence-electron chi connectivity index (χ0n) is 9.33. The number of thiophene rings is 1. The Bertz CT molecular complexity index is 457. The van der Waals surface area contributed by atoms with E-state index >= 15 is 0 Å². The molecule has 0 unspecified atom stereocenters. The van der Waals surface area contributed by atoms with Crippen LogP contribution in [0.2, 0.25) is 0 Å². The topological polar surface area (TPSA) is 52.9 Å². The normalized spacial score (nSPS) is 18.4. The van der Waals surface area contributed by atoms with Gasteiger partial charge in [0.05, 0.1) is 6.07 Å². The van der Waals surface area contributed by atoms with E-state index in [4.69, 9.17) is 0 Å². The van der Waals surface area contributed by atoms with Crippen molar-refractivity contribution in [1.82, 2.24) is 5.32 Å². The van der Waals surface area contributed by atoms with Crippen LogP contribution < -0.4 is 5.32 Å². The van der Waals surface area contributed by atoms with Gasteiger partial charge in [-0.1, -0.05) is 19.3 Å². The Morgan fingerprint density at radius 1 is 1.47 bits per heavy atom. The van der Waals surface area contributed by atoms with Crippen LogP contribution >= 0.6 is 27.3 Å². The van der Waals surface area contributed by atoms with Gasteiger partial charge in [0.15, 0.2) is 0 Å². The van der Waals surface area contributed by atoms with Gasteiger partial charge >= 0.3 is 0 Å². The molecule has 1 N–H and O–H groups in total. The molecule has 0 radical (unpaired) electrons. The fraction of sp³-hybridized carbons (Fsp3) is 0.500. The molecule has 0 bridgehead atoms. The average molecular weight is 313 g/mol. The van der Waals surface area contributed by atoms with Crippen molar-refractivity contribution in [2.75, 3.05) is 0 Å². The zero-order valence-corrected chi connectivity index (χ0v) is 11.7. The number of halogens is 1. The van der Waals surface area contributed by atoms with Gasteiger partial charge in [-0.05, 0) is 40.2 Å². The lowest BCUT2D eigenvalue weighted by atomic mass is 9.83. The molecular formula is C12H13BrN2OS. The zero-order chi connectivity index (χ0) is 12.3. The lowest BCUT2D eigenvalue weighted by molar-refractivity contribution is 0.0906. The molecule has 1 saturated carbocycles. The molecule has 1 fully saturated rings. The van der Waals surface area contributed by atoms with Crippen molar-refractivity contribution in [2.24, 2.45) is 0 Å². The summed E-state index contributed by atoms with van der Waals surface area (Å²) in [5.41, 5.74) is -0.654. The van der Waals surface area contributed by atoms with Crippen LogP contribution in [0.1, 0.15) is 41.8 Å². The maximum atomic E-state index is 12.1. The molecule has 5 heteroatoms. The Labute approximate surface area is 113 Å². The van der Waals surface area contributed by atoms with Crippen LogP contribution in [0, 0.1) is 11.3 Å². The number of nitrogens with zero attached hydrogens (tertiary/aromatic N) is 1. The van der Waals surface area contributed by atoms with Crippen LogP contribution in [0.3, 0.4) is 0 Å². The molecule has 90 valence electrons. The van der Waals surface area contributed by atoms with E-state index in [0.29, 0.717) is 4.88 Å². The second-order valence-corrected chi connectivity index (χ2v) is 6.08. The maximum absolute atomic E-state index is 12.1. The summed E-state index contributed by atoms with van der Waals surface area (Å²) < 4.78 is 0.795. The van der Waals surface area contributed by atoms with Crippen molar-refractivity contribution in [3.05, 3.63) is 20.8 Å². The molecule has 1 amide bonds. The molecular weight excluding hydrogens is 300 g/mol. The average Bonchev–Trinajstić information content (AvgIpc) is 2.77. The predicted octanol–water partition coefficient (Wildman–Crippen LogP) is 3.47. The second-order valence-electron chi connectivity index (χ2n) is 4.31. The first-order valence-electron chi connectivity index (χ1n) is 5.64. The van der Waals surface area contributed by atoms with Crippen LogP contribution in [0.15, 0.2) is 15.9 Å². The first-order chi connectivity index (χ1) is 8.17. The van der Waals surface area contributed by atoms with Crippen molar-refractivity contribution >= 4 is 33.2 Å². The van der Waals surface area contributed by atoms with Crippen molar-refractivity contribution in [3.8, 4) is 6.07 Å². The number of amides is 1. The first kappa shape index (κ1) is 12.6. The maximum Gasteiger partial charge on any atom is 0.263 e. The molecule has 1 aliphatic rings. The van der Waals surface area contributed by atoms with Gasteiger partial charge in [0.25, 0.3) is 5.91 Å². The number of rotatable bonds is 2. The minimum Gasteiger partial charge on any atom is -0.333 e. The molecule has 1 aromatic rings. The molecule has 0 aromatic carbocycles. The van der Waals surface area contributed by atoms with E-state index in [9.17, 15) is 10.1 Å². The molecule has 17 heavy (non-hydrogen) atoms. The third-order valence-corrected chi connectivity index (χ3v) is 4.93. The number of carbonyl (C=O) groups excluding carboxylic acids is 1. The predicted molar refractivity (Wildman–Crippen MR) is 70.9 cm³/mol. The van der Waals surface area contributed by atoms with Crippen molar-refractivity contribution in [2.45, 2.75) is 37.6 Å². The summed E-state index contributed by atoms with van der Waals surface area (Å²) >= 11 is 4.73. The van der Waals surface area contributed by atoms with Gasteiger partial charge in [0, 0.05) is 4.47 Å². The van der Waals surface area contributed by atoms with E-state index in [1.807, 2.05) is 11.4 Å². The Kier molecular flexibility index (Phi) is 3.85. The standard InChI is InChI=1S/C12H13BrN2OS/c13-9-4-7-17-10(9)11(16)15-12(8-14)5-2-1-3-6-12/h4,7H,1-3,5-6H2,(H,15,16). The quantitative estimate of drug-likeness (QED) is 0.909. The molecule has 1 heterocycles. The van der Waals surface area contributed by atoms with E-state index in [1.165, 1.54) is 11.3 Å². The molecule has 0 aliphatic heterocycles. The van der Waals surface area contributed by atoms with E-state index < -0.39 is 5.54 Å². The molecule has 1 aromatic heterocycles. The molecule has 0 spiro atoms. The van der Waals surface area contributed by atoms with Crippen LogP contribution in [-0.2, 0) is 0 Å². The molecule has 1 aliphatic carbocycles. The smallest absolute Gasteiger partial charge is 0.263 e. The monoisotopic (exact) mass is 312 g/mol. The summed E-state index contributed by atoms with van der Waals surface area (Å²) in [6, 6.07) is 4.13. The third-order valence-electron chi connectivity index (χ3n) is 3.10. The highest BCUT2D eigenvalue weighted by molar-refractivity contribution is 9.10. The number of carbonyl (C=O) groups is 1. The lowest BCUT2D eigenvalue weighted by Crippen LogP contribution is -2.48. The SMILES string of the molecule is N#CC1(NC(=O)c2sccc2Br)CCCCC1. The molecule has 0 atom stereocenters. The largest absolute Gasteiger partial charge is 0.333 e. The van der Waals surface area contributed by atoms with E-state index in [0.717, 1.165) is 36.6 Å². The Morgan fingerprint density at radius 3 is 2.71 bits per heavy atom. The highest BCUT2D eigenvalue weighted by Crippen LogP contribution is 2.29. The van der Waals surface area contributed by atoms with Crippen molar-refractivity contribution < 1.29 is 4.79 Å². The molecule has 2 rings (SSSR count). The number of nitriles is 1. The minimum atomic E-state index is -0.654. The Hall–Kier alpha value is -0.860. The molecule has 0 saturated heterocycles. The summed E-state index contributed by atoms with van der Waals surface area (Å²) in [7, 11) is 0. The van der Waals surface area contributed by atoms with Crippen LogP contribution in [-0.4, -0.2) is 11.4 Å². The summed E-state index contributed by atoms with van der Waals surface area (Å²) in [6.07, 6.45) is 4.71. The van der Waals surface area contributed by atoms with Gasteiger partial charge in [0.1, 0.15) is 10.4 Å². The number of nitrogens with one attached hydrogen (secondary N) is 1. The van der Waals surface area contributed by atoms with Crippen molar-refractivity contribution in [1.29, 1.82) is 5.26 Å². The summed E-state index contributed by atoms with van der Waals surface area (Å²) in [5.74, 6) is -0.143. The van der Waals surface area contributed by atoms with Gasteiger partial charge in [-0.3, -0.25) is 4.79 Å². The highest BCUT2D eigenvalue weighted by atomic mass is 79.9. The molecule has 3 nitrogen and oxygen atoms in total. The fourth-order valence-corrected chi connectivity index (χ4v) is 3.60. The Balaban J connectivity index is 2.12. The summed E-state index contributed by atoms with van der Waals surface area (Å²) in [4.78, 5) is 12.7. The van der Waals surface area contributed by atoms with Gasteiger partial charge in [0.2, 0.25) is 0 Å². The van der Waals surface area contributed by atoms with Crippen LogP contribution in [0.5, 0.6) is 0 Å². The number of hydrogen-bond donors (Lipinski definition) is 1. The van der Waals surface area contributed by atoms with Crippen molar-refractivity contribution in [3.63, 3.8) is 0 Å². The van der Waals surface area contributed by atoms with Crippen LogP contribution in [0.25, 0.3) is 0 Å². The highest BCUT2D eigenvalue weighted by Gasteiger charge is 2.34. The fourth-order valence-electron chi connectivity index (χ4n) is 2.15. The minimum absolute atomic E-state index is 0.143. The van der Waals surface area contributed by atoms with E-state index in [1.54, 1.807) is 0 Å². The summed E-state index contributed by atoms with van der Waals surface area (Å²) in [6.45, 7) is 0. The Morgan fingerprint density at radius 2 is 2.18 bits per heavy atom. The first-order valence-corrected chi connectivity index (χ1v) is 7.31. The van der Waals surface area contributed by atoms with E-state index in [-0.39, 0.29) is 5.91 Å². The second kappa shape index (κ2) is 5.19. The van der Waals surface area contributed by atoms with Gasteiger partial charge in [-0.25, -0.2) is 0 Å². The third kappa shape index (κ3) is 2.70. The lowest BCUT2D eigenvalue weighted by Gasteiger charge is -2.31. The van der Waals surface area contributed by atoms with Crippen LogP contribution in [0.4, 0.5) is 0 Å². The van der Waals surface area contributed by atoms with Gasteiger partial charge in [-0.2, -0.15) is 5.26 Å². The summed E-state index contributed by atoms with van der Waals surface area (Å²) in [5, 5.41) is 14.0.